The van der Waals surface area contributed by atoms with Crippen molar-refractivity contribution in [1.82, 2.24) is 0 Å². The zero-order chi connectivity index (χ0) is 13.8. The van der Waals surface area contributed by atoms with Crippen LogP contribution < -0.4 is 5.32 Å². The smallest absolute Gasteiger partial charge is 0.307 e. The van der Waals surface area contributed by atoms with E-state index in [4.69, 9.17) is 5.11 Å². The summed E-state index contributed by atoms with van der Waals surface area (Å²) in [6.07, 6.45) is 4.56. The van der Waals surface area contributed by atoms with Crippen LogP contribution in [-0.2, 0) is 9.59 Å². The SMILES string of the molecule is O=C(O)[C@@H]1CC=CC[C@H]1C(=O)Nc1cccc(Br)c1. The van der Waals surface area contributed by atoms with E-state index in [9.17, 15) is 9.59 Å². The largest absolute Gasteiger partial charge is 0.481 e. The van der Waals surface area contributed by atoms with Gasteiger partial charge >= 0.3 is 5.97 Å². The van der Waals surface area contributed by atoms with E-state index in [1.807, 2.05) is 24.3 Å². The molecule has 0 heterocycles. The molecule has 0 spiro atoms. The lowest BCUT2D eigenvalue weighted by Crippen LogP contribution is -2.34. The number of carboxylic acid groups (broad SMARTS) is 1. The average Bonchev–Trinajstić information content (AvgIpc) is 2.38. The van der Waals surface area contributed by atoms with E-state index in [0.29, 0.717) is 18.5 Å². The topological polar surface area (TPSA) is 66.4 Å². The highest BCUT2D eigenvalue weighted by molar-refractivity contribution is 9.10. The lowest BCUT2D eigenvalue weighted by Gasteiger charge is -2.24. The van der Waals surface area contributed by atoms with Crippen molar-refractivity contribution in [2.24, 2.45) is 11.8 Å². The predicted molar refractivity (Wildman–Crippen MR) is 75.8 cm³/mol. The van der Waals surface area contributed by atoms with Crippen molar-refractivity contribution < 1.29 is 14.7 Å². The Labute approximate surface area is 119 Å². The van der Waals surface area contributed by atoms with E-state index in [-0.39, 0.29) is 5.91 Å². The van der Waals surface area contributed by atoms with Crippen LogP contribution in [-0.4, -0.2) is 17.0 Å². The van der Waals surface area contributed by atoms with Gasteiger partial charge in [0.05, 0.1) is 11.8 Å². The number of hydrogen-bond acceptors (Lipinski definition) is 2. The first-order valence-electron chi connectivity index (χ1n) is 6.02. The first-order chi connectivity index (χ1) is 9.08. The van der Waals surface area contributed by atoms with Crippen LogP contribution in [0.25, 0.3) is 0 Å². The van der Waals surface area contributed by atoms with Crippen molar-refractivity contribution in [1.29, 1.82) is 0 Å². The molecule has 19 heavy (non-hydrogen) atoms. The summed E-state index contributed by atoms with van der Waals surface area (Å²) in [5, 5.41) is 11.9. The first-order valence-corrected chi connectivity index (χ1v) is 6.81. The fraction of sp³-hybridized carbons (Fsp3) is 0.286. The third-order valence-corrected chi connectivity index (χ3v) is 3.67. The predicted octanol–water partition coefficient (Wildman–Crippen LogP) is 3.05. The molecule has 1 aromatic carbocycles. The van der Waals surface area contributed by atoms with Crippen LogP contribution in [0.3, 0.4) is 0 Å². The second-order valence-electron chi connectivity index (χ2n) is 4.49. The van der Waals surface area contributed by atoms with Crippen molar-refractivity contribution in [2.75, 3.05) is 5.32 Å². The summed E-state index contributed by atoms with van der Waals surface area (Å²) in [5.41, 5.74) is 0.665. The number of benzene rings is 1. The molecule has 1 aliphatic rings. The molecule has 1 amide bonds. The number of aliphatic carboxylic acids is 1. The Hall–Kier alpha value is -1.62. The highest BCUT2D eigenvalue weighted by Gasteiger charge is 2.33. The van der Waals surface area contributed by atoms with Gasteiger partial charge in [0.25, 0.3) is 0 Å². The average molecular weight is 324 g/mol. The van der Waals surface area contributed by atoms with Crippen molar-refractivity contribution in [2.45, 2.75) is 12.8 Å². The van der Waals surface area contributed by atoms with Gasteiger partial charge in [-0.2, -0.15) is 0 Å². The summed E-state index contributed by atoms with van der Waals surface area (Å²) >= 11 is 3.33. The Bertz CT molecular complexity index is 527. The first kappa shape index (κ1) is 13.8. The number of carbonyl (C=O) groups is 2. The van der Waals surface area contributed by atoms with Gasteiger partial charge in [-0.15, -0.1) is 0 Å². The van der Waals surface area contributed by atoms with Gasteiger partial charge in [-0.05, 0) is 31.0 Å². The van der Waals surface area contributed by atoms with Gasteiger partial charge in [-0.1, -0.05) is 34.1 Å². The van der Waals surface area contributed by atoms with Crippen LogP contribution in [0.4, 0.5) is 5.69 Å². The zero-order valence-electron chi connectivity index (χ0n) is 10.2. The molecule has 1 aliphatic carbocycles. The van der Waals surface area contributed by atoms with E-state index < -0.39 is 17.8 Å². The summed E-state index contributed by atoms with van der Waals surface area (Å²) < 4.78 is 0.864. The summed E-state index contributed by atoms with van der Waals surface area (Å²) in [5.74, 6) is -2.31. The Morgan fingerprint density at radius 2 is 1.89 bits per heavy atom. The van der Waals surface area contributed by atoms with E-state index in [0.717, 1.165) is 4.47 Å². The van der Waals surface area contributed by atoms with Crippen LogP contribution in [0.15, 0.2) is 40.9 Å². The number of amides is 1. The fourth-order valence-electron chi connectivity index (χ4n) is 2.18. The van der Waals surface area contributed by atoms with Crippen LogP contribution >= 0.6 is 15.9 Å². The van der Waals surface area contributed by atoms with Gasteiger partial charge in [0, 0.05) is 10.2 Å². The molecule has 2 rings (SSSR count). The molecule has 0 aliphatic heterocycles. The normalized spacial score (nSPS) is 21.9. The van der Waals surface area contributed by atoms with Crippen molar-refractivity contribution in [3.8, 4) is 0 Å². The van der Waals surface area contributed by atoms with Gasteiger partial charge in [0.1, 0.15) is 0 Å². The molecule has 4 nitrogen and oxygen atoms in total. The number of nitrogens with one attached hydrogen (secondary N) is 1. The Kier molecular flexibility index (Phi) is 4.37. The Morgan fingerprint density at radius 1 is 1.21 bits per heavy atom. The van der Waals surface area contributed by atoms with Crippen molar-refractivity contribution in [3.63, 3.8) is 0 Å². The van der Waals surface area contributed by atoms with E-state index in [2.05, 4.69) is 21.2 Å². The molecule has 0 bridgehead atoms. The molecule has 2 atom stereocenters. The summed E-state index contributed by atoms with van der Waals surface area (Å²) in [4.78, 5) is 23.3. The van der Waals surface area contributed by atoms with E-state index in [1.165, 1.54) is 0 Å². The molecule has 2 N–H and O–H groups in total. The molecule has 0 fully saturated rings. The third kappa shape index (κ3) is 3.44. The van der Waals surface area contributed by atoms with E-state index >= 15 is 0 Å². The second-order valence-corrected chi connectivity index (χ2v) is 5.41. The molecule has 0 radical (unpaired) electrons. The highest BCUT2D eigenvalue weighted by atomic mass is 79.9. The van der Waals surface area contributed by atoms with Crippen molar-refractivity contribution >= 4 is 33.5 Å². The maximum Gasteiger partial charge on any atom is 0.307 e. The number of anilines is 1. The number of hydrogen-bond donors (Lipinski definition) is 2. The minimum Gasteiger partial charge on any atom is -0.481 e. The number of halogens is 1. The zero-order valence-corrected chi connectivity index (χ0v) is 11.8. The van der Waals surface area contributed by atoms with Crippen LogP contribution in [0, 0.1) is 11.8 Å². The van der Waals surface area contributed by atoms with Gasteiger partial charge in [0.2, 0.25) is 5.91 Å². The summed E-state index contributed by atoms with van der Waals surface area (Å²) in [7, 11) is 0. The van der Waals surface area contributed by atoms with Crippen LogP contribution in [0.1, 0.15) is 12.8 Å². The number of carbonyl (C=O) groups excluding carboxylic acids is 1. The maximum absolute atomic E-state index is 12.2. The van der Waals surface area contributed by atoms with E-state index in [1.54, 1.807) is 12.1 Å². The van der Waals surface area contributed by atoms with Gasteiger partial charge in [0.15, 0.2) is 0 Å². The van der Waals surface area contributed by atoms with Gasteiger partial charge < -0.3 is 10.4 Å². The minimum absolute atomic E-state index is 0.241. The monoisotopic (exact) mass is 323 g/mol. The maximum atomic E-state index is 12.2. The lowest BCUT2D eigenvalue weighted by atomic mass is 9.82. The molecular formula is C14H14BrNO3. The molecule has 0 saturated carbocycles. The van der Waals surface area contributed by atoms with Gasteiger partial charge in [-0.25, -0.2) is 0 Å². The molecule has 0 aromatic heterocycles. The standard InChI is InChI=1S/C14H14BrNO3/c15-9-4-3-5-10(8-9)16-13(17)11-6-1-2-7-12(11)14(18)19/h1-5,8,11-12H,6-7H2,(H,16,17)(H,18,19)/t11-,12-/m1/s1. The highest BCUT2D eigenvalue weighted by Crippen LogP contribution is 2.27. The molecule has 0 unspecified atom stereocenters. The summed E-state index contributed by atoms with van der Waals surface area (Å²) in [6.45, 7) is 0. The third-order valence-electron chi connectivity index (χ3n) is 3.18. The Morgan fingerprint density at radius 3 is 2.53 bits per heavy atom. The minimum atomic E-state index is -0.918. The van der Waals surface area contributed by atoms with Crippen LogP contribution in [0.2, 0.25) is 0 Å². The van der Waals surface area contributed by atoms with Crippen LogP contribution in [0.5, 0.6) is 0 Å². The fourth-order valence-corrected chi connectivity index (χ4v) is 2.58. The lowest BCUT2D eigenvalue weighted by molar-refractivity contribution is -0.146. The number of allylic oxidation sites excluding steroid dienone is 2. The number of carboxylic acids is 1. The Balaban J connectivity index is 2.10. The second kappa shape index (κ2) is 6.02. The molecule has 1 aromatic rings. The molecule has 0 saturated heterocycles. The summed E-state index contributed by atoms with van der Waals surface area (Å²) in [6, 6.07) is 7.23. The molecular weight excluding hydrogens is 310 g/mol. The molecule has 5 heteroatoms. The van der Waals surface area contributed by atoms with Crippen molar-refractivity contribution in [3.05, 3.63) is 40.9 Å². The number of rotatable bonds is 3. The quantitative estimate of drug-likeness (QED) is 0.840. The molecule has 100 valence electrons. The van der Waals surface area contributed by atoms with Gasteiger partial charge in [-0.3, -0.25) is 9.59 Å².